The third-order valence-electron chi connectivity index (χ3n) is 5.11. The Kier molecular flexibility index (Phi) is 3.92. The first-order valence-corrected chi connectivity index (χ1v) is 8.67. The number of rotatable bonds is 4. The van der Waals surface area contributed by atoms with Crippen LogP contribution in [0.2, 0.25) is 0 Å². The van der Waals surface area contributed by atoms with Crippen molar-refractivity contribution in [1.29, 1.82) is 0 Å². The third-order valence-corrected chi connectivity index (χ3v) is 5.11. The first-order valence-electron chi connectivity index (χ1n) is 8.67. The van der Waals surface area contributed by atoms with E-state index in [2.05, 4.69) is 27.1 Å². The largest absolute Gasteiger partial charge is 0.370 e. The molecule has 2 aromatic rings. The fourth-order valence-electron chi connectivity index (χ4n) is 3.97. The Morgan fingerprint density at radius 2 is 2.21 bits per heavy atom. The van der Waals surface area contributed by atoms with Gasteiger partial charge in [0, 0.05) is 18.4 Å². The number of carbonyl (C=O) groups excluding carboxylic acids is 1. The Bertz CT molecular complexity index is 710. The Labute approximate surface area is 141 Å². The zero-order chi connectivity index (χ0) is 16.5. The number of carbonyl (C=O) groups is 1. The first kappa shape index (κ1) is 15.1. The lowest BCUT2D eigenvalue weighted by molar-refractivity contribution is -0.108. The summed E-state index contributed by atoms with van der Waals surface area (Å²) in [5.41, 5.74) is 0.840. The van der Waals surface area contributed by atoms with E-state index in [1.54, 1.807) is 23.3 Å². The van der Waals surface area contributed by atoms with Crippen LogP contribution in [0.25, 0.3) is 5.95 Å². The predicted octanol–water partition coefficient (Wildman–Crippen LogP) is 2.18. The number of fused-ring (bicyclic) bond motifs is 1. The summed E-state index contributed by atoms with van der Waals surface area (Å²) in [4.78, 5) is 27.3. The number of nitrogens with one attached hydrogen (secondary N) is 1. The molecule has 1 fully saturated rings. The van der Waals surface area contributed by atoms with Crippen LogP contribution in [0.15, 0.2) is 24.9 Å². The van der Waals surface area contributed by atoms with E-state index in [0.717, 1.165) is 37.1 Å². The highest BCUT2D eigenvalue weighted by atomic mass is 16.1. The van der Waals surface area contributed by atoms with Gasteiger partial charge in [0.25, 0.3) is 0 Å². The van der Waals surface area contributed by atoms with Crippen molar-refractivity contribution in [3.63, 3.8) is 0 Å². The van der Waals surface area contributed by atoms with Crippen LogP contribution in [-0.4, -0.2) is 43.9 Å². The van der Waals surface area contributed by atoms with Crippen LogP contribution < -0.4 is 10.2 Å². The maximum absolute atomic E-state index is 11.6. The number of anilines is 2. The molecule has 3 heterocycles. The summed E-state index contributed by atoms with van der Waals surface area (Å²) in [6, 6.07) is 0.359. The molecule has 7 heteroatoms. The molecule has 1 aliphatic carbocycles. The summed E-state index contributed by atoms with van der Waals surface area (Å²) < 4.78 is 1.81. The maximum Gasteiger partial charge on any atom is 0.236 e. The van der Waals surface area contributed by atoms with Crippen LogP contribution in [0.5, 0.6) is 0 Å². The van der Waals surface area contributed by atoms with Crippen molar-refractivity contribution >= 4 is 17.8 Å². The van der Waals surface area contributed by atoms with Crippen molar-refractivity contribution in [2.45, 2.75) is 57.2 Å². The fourth-order valence-corrected chi connectivity index (χ4v) is 3.97. The average Bonchev–Trinajstić information content (AvgIpc) is 3.32. The summed E-state index contributed by atoms with van der Waals surface area (Å²) in [7, 11) is 0. The molecule has 126 valence electrons. The molecule has 1 unspecified atom stereocenters. The molecule has 0 amide bonds. The van der Waals surface area contributed by atoms with E-state index in [-0.39, 0.29) is 12.1 Å². The van der Waals surface area contributed by atoms with Crippen molar-refractivity contribution in [2.75, 3.05) is 10.2 Å². The fraction of sp³-hybridized carbons (Fsp3) is 0.529. The maximum atomic E-state index is 11.6. The van der Waals surface area contributed by atoms with Crippen molar-refractivity contribution in [2.24, 2.45) is 0 Å². The van der Waals surface area contributed by atoms with E-state index in [9.17, 15) is 4.79 Å². The monoisotopic (exact) mass is 326 g/mol. The van der Waals surface area contributed by atoms with Crippen LogP contribution in [0.3, 0.4) is 0 Å². The van der Waals surface area contributed by atoms with Crippen LogP contribution in [-0.2, 0) is 4.79 Å². The average molecular weight is 326 g/mol. The minimum atomic E-state index is -0.217. The number of aldehydes is 1. The molecule has 24 heavy (non-hydrogen) atoms. The van der Waals surface area contributed by atoms with E-state index in [0.29, 0.717) is 12.0 Å². The number of hydrogen-bond acceptors (Lipinski definition) is 6. The molecule has 7 nitrogen and oxygen atoms in total. The van der Waals surface area contributed by atoms with Crippen molar-refractivity contribution in [3.05, 3.63) is 24.9 Å². The van der Waals surface area contributed by atoms with Crippen molar-refractivity contribution < 1.29 is 4.79 Å². The molecule has 0 radical (unpaired) electrons. The molecular weight excluding hydrogens is 304 g/mol. The molecule has 1 saturated carbocycles. The summed E-state index contributed by atoms with van der Waals surface area (Å²) in [6.07, 6.45) is 13.7. The highest BCUT2D eigenvalue weighted by molar-refractivity contribution is 5.77. The summed E-state index contributed by atoms with van der Waals surface area (Å²) in [5, 5.41) is 3.31. The van der Waals surface area contributed by atoms with Gasteiger partial charge in [-0.2, -0.15) is 4.98 Å². The molecule has 0 spiro atoms. The van der Waals surface area contributed by atoms with Gasteiger partial charge in [-0.05, 0) is 19.3 Å². The highest BCUT2D eigenvalue weighted by Crippen LogP contribution is 2.38. The van der Waals surface area contributed by atoms with Crippen LogP contribution in [0.1, 0.15) is 39.0 Å². The molecule has 1 aliphatic heterocycles. The zero-order valence-corrected chi connectivity index (χ0v) is 13.8. The molecule has 2 aromatic heterocycles. The number of nitrogens with zero attached hydrogens (tertiary/aromatic N) is 5. The second-order valence-corrected chi connectivity index (χ2v) is 6.50. The van der Waals surface area contributed by atoms with Gasteiger partial charge >= 0.3 is 0 Å². The van der Waals surface area contributed by atoms with Crippen LogP contribution in [0, 0.1) is 0 Å². The number of aromatic nitrogens is 4. The lowest BCUT2D eigenvalue weighted by Crippen LogP contribution is -2.55. The van der Waals surface area contributed by atoms with E-state index in [1.807, 2.05) is 6.20 Å². The van der Waals surface area contributed by atoms with E-state index >= 15 is 0 Å². The molecule has 0 saturated heterocycles. The number of imidazole rings is 1. The molecule has 4 rings (SSSR count). The van der Waals surface area contributed by atoms with Crippen LogP contribution in [0.4, 0.5) is 11.5 Å². The van der Waals surface area contributed by atoms with E-state index < -0.39 is 0 Å². The van der Waals surface area contributed by atoms with Gasteiger partial charge in [-0.1, -0.05) is 19.8 Å². The van der Waals surface area contributed by atoms with E-state index in [1.165, 1.54) is 12.8 Å². The van der Waals surface area contributed by atoms with Gasteiger partial charge in [-0.15, -0.1) is 0 Å². The lowest BCUT2D eigenvalue weighted by atomic mass is 9.98. The van der Waals surface area contributed by atoms with Gasteiger partial charge in [0.05, 0.1) is 17.9 Å². The normalized spacial score (nSPS) is 23.8. The molecule has 1 N–H and O–H groups in total. The SMILES string of the molecule is CC[C@@H]1C(C=O)Nc2cnc(-n3ccnc3)nc2N1C1CCCC1. The molecule has 2 atom stereocenters. The van der Waals surface area contributed by atoms with Crippen LogP contribution >= 0.6 is 0 Å². The van der Waals surface area contributed by atoms with Gasteiger partial charge in [0.15, 0.2) is 5.82 Å². The molecular formula is C17H22N6O. The summed E-state index contributed by atoms with van der Waals surface area (Å²) in [5.74, 6) is 1.51. The third kappa shape index (κ3) is 2.44. The Morgan fingerprint density at radius 3 is 2.88 bits per heavy atom. The molecule has 0 bridgehead atoms. The zero-order valence-electron chi connectivity index (χ0n) is 13.8. The summed E-state index contributed by atoms with van der Waals surface area (Å²) in [6.45, 7) is 2.13. The number of hydrogen-bond donors (Lipinski definition) is 1. The van der Waals surface area contributed by atoms with E-state index in [4.69, 9.17) is 4.98 Å². The second kappa shape index (κ2) is 6.22. The predicted molar refractivity (Wildman–Crippen MR) is 91.4 cm³/mol. The minimum absolute atomic E-state index is 0.128. The molecule has 2 aliphatic rings. The minimum Gasteiger partial charge on any atom is -0.370 e. The smallest absolute Gasteiger partial charge is 0.236 e. The second-order valence-electron chi connectivity index (χ2n) is 6.50. The topological polar surface area (TPSA) is 75.9 Å². The Hall–Kier alpha value is -2.44. The van der Waals surface area contributed by atoms with Crippen molar-refractivity contribution in [1.82, 2.24) is 19.5 Å². The van der Waals surface area contributed by atoms with Gasteiger partial charge in [-0.25, -0.2) is 9.97 Å². The van der Waals surface area contributed by atoms with Gasteiger partial charge in [0.1, 0.15) is 18.7 Å². The van der Waals surface area contributed by atoms with Gasteiger partial charge in [0.2, 0.25) is 5.95 Å². The highest BCUT2D eigenvalue weighted by Gasteiger charge is 2.39. The lowest BCUT2D eigenvalue weighted by Gasteiger charge is -2.44. The standard InChI is InChI=1S/C17H22N6O/c1-2-15-14(10-24)20-13-9-19-17(22-8-7-18-11-22)21-16(13)23(15)12-5-3-4-6-12/h7-12,14-15,20H,2-6H2,1H3/t14?,15-/m1/s1. The quantitative estimate of drug-likeness (QED) is 0.868. The Balaban J connectivity index is 1.80. The van der Waals surface area contributed by atoms with Crippen molar-refractivity contribution in [3.8, 4) is 5.95 Å². The van der Waals surface area contributed by atoms with Gasteiger partial charge in [-0.3, -0.25) is 4.57 Å². The Morgan fingerprint density at radius 1 is 1.38 bits per heavy atom. The first-order chi connectivity index (χ1) is 11.8. The summed E-state index contributed by atoms with van der Waals surface area (Å²) >= 11 is 0. The van der Waals surface area contributed by atoms with Gasteiger partial charge < -0.3 is 15.0 Å². The molecule has 0 aromatic carbocycles.